The average molecular weight is 341 g/mol. The van der Waals surface area contributed by atoms with Gasteiger partial charge in [0.2, 0.25) is 5.91 Å². The summed E-state index contributed by atoms with van der Waals surface area (Å²) in [6.45, 7) is 3.01. The van der Waals surface area contributed by atoms with Crippen LogP contribution in [0.15, 0.2) is 24.3 Å². The smallest absolute Gasteiger partial charge is 0.226 e. The van der Waals surface area contributed by atoms with E-state index in [4.69, 9.17) is 4.74 Å². The number of carbonyl (C=O) groups excluding carboxylic acids is 1. The fourth-order valence-corrected chi connectivity index (χ4v) is 6.38. The number of ether oxygens (including phenoxy) is 1. The second-order valence-corrected chi connectivity index (χ2v) is 8.86. The van der Waals surface area contributed by atoms with E-state index in [1.165, 1.54) is 24.8 Å². The minimum atomic E-state index is -0.113. The van der Waals surface area contributed by atoms with Crippen molar-refractivity contribution in [1.82, 2.24) is 5.32 Å². The Labute approximate surface area is 151 Å². The Morgan fingerprint density at radius 1 is 1.16 bits per heavy atom. The summed E-state index contributed by atoms with van der Waals surface area (Å²) in [5.41, 5.74) is 1.52. The van der Waals surface area contributed by atoms with Crippen LogP contribution in [0.3, 0.4) is 0 Å². The first-order chi connectivity index (χ1) is 12.1. The van der Waals surface area contributed by atoms with Crippen LogP contribution < -0.4 is 10.1 Å². The zero-order valence-corrected chi connectivity index (χ0v) is 15.6. The lowest BCUT2D eigenvalue weighted by molar-refractivity contribution is -0.149. The third-order valence-corrected chi connectivity index (χ3v) is 7.06. The SMILES string of the molecule is CCCCNC(=O)C12C[C@@H]3C[C@@H](C1)CC(c1ccc(OC)cc1)(C3)C2. The van der Waals surface area contributed by atoms with Crippen LogP contribution in [-0.4, -0.2) is 19.6 Å². The Hall–Kier alpha value is -1.51. The summed E-state index contributed by atoms with van der Waals surface area (Å²) < 4.78 is 5.34. The monoisotopic (exact) mass is 341 g/mol. The molecule has 0 unspecified atom stereocenters. The van der Waals surface area contributed by atoms with Crippen molar-refractivity contribution in [2.24, 2.45) is 17.3 Å². The Morgan fingerprint density at radius 3 is 2.44 bits per heavy atom. The number of amides is 1. The van der Waals surface area contributed by atoms with E-state index in [0.29, 0.717) is 5.91 Å². The first kappa shape index (κ1) is 16.9. The molecular weight excluding hydrogens is 310 g/mol. The molecule has 1 N–H and O–H groups in total. The van der Waals surface area contributed by atoms with Crippen LogP contribution in [0.25, 0.3) is 0 Å². The molecule has 3 heteroatoms. The maximum Gasteiger partial charge on any atom is 0.226 e. The van der Waals surface area contributed by atoms with Crippen molar-refractivity contribution in [2.75, 3.05) is 13.7 Å². The highest BCUT2D eigenvalue weighted by Gasteiger charge is 2.60. The van der Waals surface area contributed by atoms with E-state index in [-0.39, 0.29) is 10.8 Å². The molecule has 136 valence electrons. The number of unbranched alkanes of at least 4 members (excludes halogenated alkanes) is 1. The molecule has 4 bridgehead atoms. The van der Waals surface area contributed by atoms with Gasteiger partial charge in [0, 0.05) is 6.54 Å². The molecule has 0 aliphatic heterocycles. The first-order valence-electron chi connectivity index (χ1n) is 10.0. The summed E-state index contributed by atoms with van der Waals surface area (Å²) in [5, 5.41) is 3.27. The predicted molar refractivity (Wildman–Crippen MR) is 99.7 cm³/mol. The van der Waals surface area contributed by atoms with E-state index in [2.05, 4.69) is 36.5 Å². The van der Waals surface area contributed by atoms with Crippen molar-refractivity contribution in [3.8, 4) is 5.75 Å². The molecular formula is C22H31NO2. The number of carbonyl (C=O) groups is 1. The van der Waals surface area contributed by atoms with Crippen LogP contribution in [0, 0.1) is 17.3 Å². The number of rotatable bonds is 6. The molecule has 0 heterocycles. The molecule has 0 spiro atoms. The van der Waals surface area contributed by atoms with Gasteiger partial charge in [0.05, 0.1) is 12.5 Å². The van der Waals surface area contributed by atoms with Gasteiger partial charge in [0.25, 0.3) is 0 Å². The minimum Gasteiger partial charge on any atom is -0.497 e. The van der Waals surface area contributed by atoms with Crippen LogP contribution in [0.2, 0.25) is 0 Å². The van der Waals surface area contributed by atoms with Crippen molar-refractivity contribution >= 4 is 5.91 Å². The summed E-state index contributed by atoms with van der Waals surface area (Å²) in [7, 11) is 1.72. The van der Waals surface area contributed by atoms with E-state index in [1.54, 1.807) is 7.11 Å². The molecule has 4 fully saturated rings. The van der Waals surface area contributed by atoms with E-state index < -0.39 is 0 Å². The van der Waals surface area contributed by atoms with Crippen molar-refractivity contribution in [3.63, 3.8) is 0 Å². The number of hydrogen-bond acceptors (Lipinski definition) is 2. The van der Waals surface area contributed by atoms with Crippen LogP contribution in [-0.2, 0) is 10.2 Å². The van der Waals surface area contributed by atoms with Gasteiger partial charge < -0.3 is 10.1 Å². The first-order valence-corrected chi connectivity index (χ1v) is 10.0. The molecule has 1 amide bonds. The van der Waals surface area contributed by atoms with Crippen LogP contribution in [0.5, 0.6) is 5.75 Å². The molecule has 0 radical (unpaired) electrons. The van der Waals surface area contributed by atoms with E-state index in [9.17, 15) is 4.79 Å². The van der Waals surface area contributed by atoms with E-state index in [1.807, 2.05) is 0 Å². The van der Waals surface area contributed by atoms with Crippen molar-refractivity contribution in [3.05, 3.63) is 29.8 Å². The second-order valence-electron chi connectivity index (χ2n) is 8.86. The Balaban J connectivity index is 1.61. The maximum absolute atomic E-state index is 13.1. The molecule has 4 aliphatic carbocycles. The largest absolute Gasteiger partial charge is 0.497 e. The molecule has 4 saturated carbocycles. The predicted octanol–water partition coefficient (Wildman–Crippen LogP) is 4.45. The van der Waals surface area contributed by atoms with Gasteiger partial charge in [-0.15, -0.1) is 0 Å². The third-order valence-electron chi connectivity index (χ3n) is 7.06. The van der Waals surface area contributed by atoms with E-state index in [0.717, 1.165) is 56.2 Å². The summed E-state index contributed by atoms with van der Waals surface area (Å²) in [4.78, 5) is 13.1. The van der Waals surface area contributed by atoms with Gasteiger partial charge in [-0.1, -0.05) is 25.5 Å². The standard InChI is InChI=1S/C22H31NO2/c1-3-4-9-23-20(24)22-13-16-10-17(14-22)12-21(11-16,15-22)18-5-7-19(25-2)8-6-18/h5-8,16-17H,3-4,9-15H2,1-2H3,(H,23,24)/t16-,17-,21?,22?/m1/s1. The van der Waals surface area contributed by atoms with Gasteiger partial charge in [0.1, 0.15) is 5.75 Å². The molecule has 2 atom stereocenters. The van der Waals surface area contributed by atoms with Gasteiger partial charge in [0.15, 0.2) is 0 Å². The van der Waals surface area contributed by atoms with Crippen LogP contribution in [0.4, 0.5) is 0 Å². The molecule has 3 nitrogen and oxygen atoms in total. The summed E-state index contributed by atoms with van der Waals surface area (Å²) in [6.07, 6.45) is 9.34. The highest BCUT2D eigenvalue weighted by molar-refractivity contribution is 5.83. The van der Waals surface area contributed by atoms with Gasteiger partial charge >= 0.3 is 0 Å². The number of methoxy groups -OCH3 is 1. The Kier molecular flexibility index (Phi) is 4.29. The fraction of sp³-hybridized carbons (Fsp3) is 0.682. The van der Waals surface area contributed by atoms with E-state index >= 15 is 0 Å². The van der Waals surface area contributed by atoms with Gasteiger partial charge in [-0.2, -0.15) is 0 Å². The van der Waals surface area contributed by atoms with Gasteiger partial charge in [-0.25, -0.2) is 0 Å². The molecule has 1 aromatic carbocycles. The minimum absolute atomic E-state index is 0.113. The zero-order chi connectivity index (χ0) is 17.5. The van der Waals surface area contributed by atoms with Gasteiger partial charge in [-0.3, -0.25) is 4.79 Å². The molecule has 4 aliphatic rings. The quantitative estimate of drug-likeness (QED) is 0.776. The molecule has 0 aromatic heterocycles. The topological polar surface area (TPSA) is 38.3 Å². The van der Waals surface area contributed by atoms with Gasteiger partial charge in [-0.05, 0) is 79.9 Å². The third kappa shape index (κ3) is 2.86. The Morgan fingerprint density at radius 2 is 1.84 bits per heavy atom. The molecule has 25 heavy (non-hydrogen) atoms. The lowest BCUT2D eigenvalue weighted by Gasteiger charge is -2.61. The molecule has 1 aromatic rings. The fourth-order valence-electron chi connectivity index (χ4n) is 6.38. The molecule has 0 saturated heterocycles. The van der Waals surface area contributed by atoms with Crippen molar-refractivity contribution in [1.29, 1.82) is 0 Å². The highest BCUT2D eigenvalue weighted by atomic mass is 16.5. The lowest BCUT2D eigenvalue weighted by Crippen LogP contribution is -2.59. The Bertz CT molecular complexity index is 622. The summed E-state index contributed by atoms with van der Waals surface area (Å²) in [5.74, 6) is 2.70. The molecule has 5 rings (SSSR count). The number of benzene rings is 1. The van der Waals surface area contributed by atoms with Crippen LogP contribution >= 0.6 is 0 Å². The number of nitrogens with one attached hydrogen (secondary N) is 1. The normalized spacial score (nSPS) is 35.6. The zero-order valence-electron chi connectivity index (χ0n) is 15.6. The summed E-state index contributed by atoms with van der Waals surface area (Å²) >= 11 is 0. The van der Waals surface area contributed by atoms with Crippen LogP contribution in [0.1, 0.15) is 63.9 Å². The van der Waals surface area contributed by atoms with Crippen molar-refractivity contribution < 1.29 is 9.53 Å². The average Bonchev–Trinajstić information content (AvgIpc) is 2.61. The van der Waals surface area contributed by atoms with Crippen molar-refractivity contribution in [2.45, 2.75) is 63.7 Å². The number of hydrogen-bond donors (Lipinski definition) is 1. The highest BCUT2D eigenvalue weighted by Crippen LogP contribution is 2.65. The summed E-state index contributed by atoms with van der Waals surface area (Å²) in [6, 6.07) is 8.66. The lowest BCUT2D eigenvalue weighted by atomic mass is 9.42. The second kappa shape index (κ2) is 6.34. The maximum atomic E-state index is 13.1.